The van der Waals surface area contributed by atoms with Crippen LogP contribution in [0.5, 0.6) is 0 Å². The van der Waals surface area contributed by atoms with E-state index in [-0.39, 0.29) is 0 Å². The first-order valence-electron chi connectivity index (χ1n) is 12.0. The Labute approximate surface area is 202 Å². The van der Waals surface area contributed by atoms with Crippen LogP contribution in [0.3, 0.4) is 0 Å². The summed E-state index contributed by atoms with van der Waals surface area (Å²) in [6, 6.07) is 11.2. The summed E-state index contributed by atoms with van der Waals surface area (Å²) >= 11 is 6.54. The van der Waals surface area contributed by atoms with Crippen molar-refractivity contribution in [3.05, 3.63) is 41.2 Å². The average Bonchev–Trinajstić information content (AvgIpc) is 2.85. The molecule has 0 unspecified atom stereocenters. The van der Waals surface area contributed by atoms with Crippen LogP contribution in [0.4, 0.5) is 5.82 Å². The number of nitrogens with one attached hydrogen (secondary N) is 1. The normalized spacial score (nSPS) is 22.6. The molecule has 3 heterocycles. The molecule has 6 nitrogen and oxygen atoms in total. The lowest BCUT2D eigenvalue weighted by atomic mass is 9.82. The highest BCUT2D eigenvalue weighted by Gasteiger charge is 2.32. The highest BCUT2D eigenvalue weighted by Crippen LogP contribution is 2.33. The van der Waals surface area contributed by atoms with Crippen molar-refractivity contribution in [1.82, 2.24) is 14.9 Å². The van der Waals surface area contributed by atoms with Gasteiger partial charge in [0.2, 0.25) is 0 Å². The van der Waals surface area contributed by atoms with Crippen LogP contribution in [0.25, 0.3) is 11.3 Å². The van der Waals surface area contributed by atoms with Gasteiger partial charge in [0.25, 0.3) is 0 Å². The lowest BCUT2D eigenvalue weighted by molar-refractivity contribution is 0.0455. The Morgan fingerprint density at radius 2 is 1.97 bits per heavy atom. The fraction of sp³-hybridized carbons (Fsp3) is 0.577. The largest absolute Gasteiger partial charge is 0.381 e. The number of pyridine rings is 2. The topological polar surface area (TPSA) is 74.1 Å². The molecule has 1 N–H and O–H groups in total. The van der Waals surface area contributed by atoms with Crippen LogP contribution >= 0.6 is 11.6 Å². The maximum Gasteiger partial charge on any atom is 0.126 e. The van der Waals surface area contributed by atoms with Gasteiger partial charge in [-0.05, 0) is 83.2 Å². The molecule has 1 aliphatic carbocycles. The minimum absolute atomic E-state index is 0.400. The van der Waals surface area contributed by atoms with E-state index in [0.29, 0.717) is 36.7 Å². The molecule has 176 valence electrons. The van der Waals surface area contributed by atoms with Gasteiger partial charge in [-0.25, -0.2) is 4.98 Å². The van der Waals surface area contributed by atoms with Crippen molar-refractivity contribution in [2.45, 2.75) is 51.0 Å². The molecule has 2 fully saturated rings. The van der Waals surface area contributed by atoms with Crippen LogP contribution in [0.15, 0.2) is 30.5 Å². The number of nitriles is 1. The highest BCUT2D eigenvalue weighted by molar-refractivity contribution is 6.33. The van der Waals surface area contributed by atoms with Crippen molar-refractivity contribution < 1.29 is 4.74 Å². The molecular weight excluding hydrogens is 434 g/mol. The molecule has 4 rings (SSSR count). The SMILES string of the molecule is CN(C)C1CCC(Cc2cc(-c3cccc(NCC4(C#N)CCOCC4)n3)c(Cl)cn2)CC1. The number of ether oxygens (including phenoxy) is 1. The summed E-state index contributed by atoms with van der Waals surface area (Å²) in [6.45, 7) is 1.83. The second-order valence-electron chi connectivity index (χ2n) is 9.76. The zero-order chi connectivity index (χ0) is 23.3. The molecular formula is C26H34ClN5O. The van der Waals surface area contributed by atoms with Gasteiger partial charge >= 0.3 is 0 Å². The van der Waals surface area contributed by atoms with Gasteiger partial charge in [-0.2, -0.15) is 5.26 Å². The smallest absolute Gasteiger partial charge is 0.126 e. The molecule has 1 aliphatic heterocycles. The van der Waals surface area contributed by atoms with Gasteiger partial charge in [-0.1, -0.05) is 17.7 Å². The van der Waals surface area contributed by atoms with Crippen molar-refractivity contribution in [2.75, 3.05) is 39.2 Å². The number of anilines is 1. The summed E-state index contributed by atoms with van der Waals surface area (Å²) < 4.78 is 5.43. The Morgan fingerprint density at radius 3 is 2.67 bits per heavy atom. The first-order valence-corrected chi connectivity index (χ1v) is 12.4. The molecule has 2 aromatic rings. The second kappa shape index (κ2) is 10.8. The van der Waals surface area contributed by atoms with E-state index < -0.39 is 5.41 Å². The number of nitrogens with zero attached hydrogens (tertiary/aromatic N) is 4. The van der Waals surface area contributed by atoms with Gasteiger partial charge in [-0.3, -0.25) is 4.98 Å². The van der Waals surface area contributed by atoms with Crippen molar-refractivity contribution >= 4 is 17.4 Å². The van der Waals surface area contributed by atoms with Gasteiger partial charge in [0.05, 0.1) is 22.2 Å². The monoisotopic (exact) mass is 467 g/mol. The first-order chi connectivity index (χ1) is 16.0. The van der Waals surface area contributed by atoms with Crippen molar-refractivity contribution in [3.8, 4) is 17.3 Å². The quantitative estimate of drug-likeness (QED) is 0.603. The summed E-state index contributed by atoms with van der Waals surface area (Å²) in [5, 5.41) is 13.7. The third-order valence-corrected chi connectivity index (χ3v) is 7.58. The fourth-order valence-electron chi connectivity index (χ4n) is 4.98. The van der Waals surface area contributed by atoms with Crippen molar-refractivity contribution in [3.63, 3.8) is 0 Å². The summed E-state index contributed by atoms with van der Waals surface area (Å²) in [5.41, 5.74) is 2.41. The van der Waals surface area contributed by atoms with E-state index >= 15 is 0 Å². The van der Waals surface area contributed by atoms with E-state index in [4.69, 9.17) is 21.3 Å². The van der Waals surface area contributed by atoms with Gasteiger partial charge in [0.15, 0.2) is 0 Å². The number of rotatable bonds is 7. The summed E-state index contributed by atoms with van der Waals surface area (Å²) in [6.07, 6.45) is 9.21. The number of hydrogen-bond donors (Lipinski definition) is 1. The Kier molecular flexibility index (Phi) is 7.85. The van der Waals surface area contributed by atoms with E-state index in [1.54, 1.807) is 6.20 Å². The number of aromatic nitrogens is 2. The van der Waals surface area contributed by atoms with E-state index in [2.05, 4.69) is 41.4 Å². The Bertz CT molecular complexity index is 975. The Hall–Kier alpha value is -2.20. The van der Waals surface area contributed by atoms with Crippen LogP contribution in [-0.4, -0.2) is 54.8 Å². The molecule has 0 bridgehead atoms. The van der Waals surface area contributed by atoms with Crippen LogP contribution in [-0.2, 0) is 11.2 Å². The second-order valence-corrected chi connectivity index (χ2v) is 10.2. The van der Waals surface area contributed by atoms with E-state index in [1.165, 1.54) is 25.7 Å². The molecule has 2 aromatic heterocycles. The third-order valence-electron chi connectivity index (χ3n) is 7.28. The molecule has 0 radical (unpaired) electrons. The lowest BCUT2D eigenvalue weighted by Crippen LogP contribution is -2.34. The molecule has 1 saturated carbocycles. The standard InChI is InChI=1S/C26H34ClN5O/c1-32(2)21-8-6-19(7-9-21)14-20-15-22(23(27)16-29-20)24-4-3-5-25(31-24)30-18-26(17-28)10-12-33-13-11-26/h3-5,15-16,19,21H,6-14,18H2,1-2H3,(H,30,31). The molecule has 0 amide bonds. The molecule has 1 saturated heterocycles. The Morgan fingerprint density at radius 1 is 1.21 bits per heavy atom. The minimum Gasteiger partial charge on any atom is -0.381 e. The zero-order valence-corrected chi connectivity index (χ0v) is 20.4. The summed E-state index contributed by atoms with van der Waals surface area (Å²) in [7, 11) is 4.36. The summed E-state index contributed by atoms with van der Waals surface area (Å²) in [5.74, 6) is 1.43. The fourth-order valence-corrected chi connectivity index (χ4v) is 5.18. The van der Waals surface area contributed by atoms with E-state index in [1.807, 2.05) is 18.2 Å². The third kappa shape index (κ3) is 6.03. The number of hydrogen-bond acceptors (Lipinski definition) is 6. The highest BCUT2D eigenvalue weighted by atomic mass is 35.5. The molecule has 7 heteroatoms. The maximum absolute atomic E-state index is 9.70. The molecule has 2 aliphatic rings. The van der Waals surface area contributed by atoms with Gasteiger partial charge in [-0.15, -0.1) is 0 Å². The summed E-state index contributed by atoms with van der Waals surface area (Å²) in [4.78, 5) is 11.8. The van der Waals surface area contributed by atoms with Crippen molar-refractivity contribution in [2.24, 2.45) is 11.3 Å². The predicted molar refractivity (Wildman–Crippen MR) is 132 cm³/mol. The van der Waals surface area contributed by atoms with Crippen molar-refractivity contribution in [1.29, 1.82) is 5.26 Å². The first kappa shape index (κ1) is 23.9. The van der Waals surface area contributed by atoms with E-state index in [9.17, 15) is 5.26 Å². The average molecular weight is 468 g/mol. The number of halogens is 1. The van der Waals surface area contributed by atoms with Crippen LogP contribution in [0.1, 0.15) is 44.2 Å². The molecule has 33 heavy (non-hydrogen) atoms. The van der Waals surface area contributed by atoms with Crippen LogP contribution in [0, 0.1) is 22.7 Å². The van der Waals surface area contributed by atoms with E-state index in [0.717, 1.165) is 42.0 Å². The van der Waals surface area contributed by atoms with Gasteiger partial charge in [0.1, 0.15) is 5.82 Å². The van der Waals surface area contributed by atoms with Gasteiger partial charge < -0.3 is 15.0 Å². The molecule has 0 aromatic carbocycles. The lowest BCUT2D eigenvalue weighted by Gasteiger charge is -2.32. The van der Waals surface area contributed by atoms with Gasteiger partial charge in [0, 0.05) is 43.3 Å². The molecule has 0 spiro atoms. The Balaban J connectivity index is 1.44. The zero-order valence-electron chi connectivity index (χ0n) is 19.7. The molecule has 0 atom stereocenters. The minimum atomic E-state index is -0.400. The maximum atomic E-state index is 9.70. The van der Waals surface area contributed by atoms with Crippen LogP contribution in [0.2, 0.25) is 5.02 Å². The predicted octanol–water partition coefficient (Wildman–Crippen LogP) is 5.19. The van der Waals surface area contributed by atoms with Crippen LogP contribution < -0.4 is 5.32 Å².